The Balaban J connectivity index is 3.70. The minimum Gasteiger partial charge on any atom is -0.0654 e. The molecule has 0 bridgehead atoms. The van der Waals surface area contributed by atoms with Crippen LogP contribution in [0.15, 0.2) is 0 Å². The summed E-state index contributed by atoms with van der Waals surface area (Å²) in [6.45, 7) is 6.96. The molecule has 1 unspecified atom stereocenters. The Morgan fingerprint density at radius 2 is 0.500 bits per heavy atom. The zero-order chi connectivity index (χ0) is 20.5. The van der Waals surface area contributed by atoms with Gasteiger partial charge < -0.3 is 0 Å². The van der Waals surface area contributed by atoms with E-state index in [1.165, 1.54) is 154 Å². The molecule has 0 aliphatic carbocycles. The number of hydrogen-bond donors (Lipinski definition) is 0. The van der Waals surface area contributed by atoms with Crippen molar-refractivity contribution in [1.29, 1.82) is 0 Å². The van der Waals surface area contributed by atoms with E-state index in [4.69, 9.17) is 0 Å². The van der Waals surface area contributed by atoms with E-state index in [2.05, 4.69) is 20.8 Å². The largest absolute Gasteiger partial charge is 0.0654 e. The molecule has 0 N–H and O–H groups in total. The van der Waals surface area contributed by atoms with Crippen LogP contribution in [0.2, 0.25) is 0 Å². The average Bonchev–Trinajstić information content (AvgIpc) is 2.71. The molecule has 0 fully saturated rings. The van der Waals surface area contributed by atoms with Gasteiger partial charge in [-0.05, 0) is 5.92 Å². The summed E-state index contributed by atoms with van der Waals surface area (Å²) in [6, 6.07) is 0. The van der Waals surface area contributed by atoms with Crippen molar-refractivity contribution >= 4 is 0 Å². The molecule has 0 aliphatic heterocycles. The minimum absolute atomic E-state index is 1.04. The molecule has 170 valence electrons. The van der Waals surface area contributed by atoms with Gasteiger partial charge in [0.25, 0.3) is 0 Å². The first-order chi connectivity index (χ1) is 13.8. The molecule has 0 saturated heterocycles. The van der Waals surface area contributed by atoms with Gasteiger partial charge in [-0.2, -0.15) is 0 Å². The van der Waals surface area contributed by atoms with E-state index >= 15 is 0 Å². The zero-order valence-electron chi connectivity index (χ0n) is 20.5. The van der Waals surface area contributed by atoms with Gasteiger partial charge in [-0.25, -0.2) is 0 Å². The van der Waals surface area contributed by atoms with Crippen molar-refractivity contribution in [1.82, 2.24) is 0 Å². The zero-order valence-corrected chi connectivity index (χ0v) is 20.5. The highest BCUT2D eigenvalue weighted by atomic mass is 14.1. The van der Waals surface area contributed by atoms with Crippen LogP contribution in [0, 0.1) is 5.92 Å². The molecule has 0 amide bonds. The Labute approximate surface area is 181 Å². The smallest absolute Gasteiger partial charge is 0.0414 e. The lowest BCUT2D eigenvalue weighted by molar-refractivity contribution is 0.366. The maximum atomic E-state index is 2.33. The molecule has 0 aromatic carbocycles. The van der Waals surface area contributed by atoms with E-state index in [9.17, 15) is 0 Å². The van der Waals surface area contributed by atoms with Crippen LogP contribution >= 0.6 is 0 Å². The summed E-state index contributed by atoms with van der Waals surface area (Å²) in [5, 5.41) is 0. The fraction of sp³-hybridized carbons (Fsp3) is 1.00. The monoisotopic (exact) mass is 394 g/mol. The highest BCUT2D eigenvalue weighted by Gasteiger charge is 2.08. The van der Waals surface area contributed by atoms with E-state index in [0.29, 0.717) is 0 Å². The van der Waals surface area contributed by atoms with Gasteiger partial charge in [-0.1, -0.05) is 175 Å². The Morgan fingerprint density at radius 1 is 0.286 bits per heavy atom. The summed E-state index contributed by atoms with van der Waals surface area (Å²) in [5.41, 5.74) is 0. The van der Waals surface area contributed by atoms with Crippen LogP contribution in [0.25, 0.3) is 0 Å². The van der Waals surface area contributed by atoms with Crippen molar-refractivity contribution in [3.05, 3.63) is 0 Å². The van der Waals surface area contributed by atoms with Crippen LogP contribution < -0.4 is 0 Å². The van der Waals surface area contributed by atoms with Crippen molar-refractivity contribution < 1.29 is 0 Å². The predicted octanol–water partition coefficient (Wildman–Crippen LogP) is 11.0. The van der Waals surface area contributed by atoms with Crippen molar-refractivity contribution in [3.8, 4) is 0 Å². The summed E-state index contributed by atoms with van der Waals surface area (Å²) >= 11 is 0. The molecule has 0 aliphatic rings. The molecule has 28 heavy (non-hydrogen) atoms. The minimum atomic E-state index is 1.04. The third-order valence-electron chi connectivity index (χ3n) is 6.65. The van der Waals surface area contributed by atoms with Gasteiger partial charge in [0.2, 0.25) is 0 Å². The van der Waals surface area contributed by atoms with Gasteiger partial charge >= 0.3 is 0 Å². The van der Waals surface area contributed by atoms with Crippen LogP contribution in [-0.4, -0.2) is 0 Å². The van der Waals surface area contributed by atoms with E-state index in [0.717, 1.165) is 5.92 Å². The standard InChI is InChI=1S/C28H58/c1-4-7-10-13-15-17-19-21-24-27-28(25-22-12-9-6-3)26-23-20-18-16-14-11-8-5-2/h28H,4-27H2,1-3H3. The summed E-state index contributed by atoms with van der Waals surface area (Å²) < 4.78 is 0. The summed E-state index contributed by atoms with van der Waals surface area (Å²) in [7, 11) is 0. The molecule has 0 heterocycles. The van der Waals surface area contributed by atoms with E-state index in [1.807, 2.05) is 0 Å². The Morgan fingerprint density at radius 3 is 0.786 bits per heavy atom. The number of unbranched alkanes of at least 4 members (excludes halogenated alkanes) is 18. The first kappa shape index (κ1) is 28.0. The Kier molecular flexibility index (Phi) is 25.0. The van der Waals surface area contributed by atoms with Crippen LogP contribution in [0.3, 0.4) is 0 Å². The molecule has 0 aromatic heterocycles. The van der Waals surface area contributed by atoms with Gasteiger partial charge in [0.05, 0.1) is 0 Å². The first-order valence-electron chi connectivity index (χ1n) is 13.8. The maximum Gasteiger partial charge on any atom is -0.0414 e. The van der Waals surface area contributed by atoms with Gasteiger partial charge in [-0.3, -0.25) is 0 Å². The SMILES string of the molecule is CCCCCCCCCCCC(CCCCCC)CCCCCCCCCC. The van der Waals surface area contributed by atoms with E-state index in [1.54, 1.807) is 0 Å². The van der Waals surface area contributed by atoms with Gasteiger partial charge in [0.1, 0.15) is 0 Å². The van der Waals surface area contributed by atoms with Crippen LogP contribution in [-0.2, 0) is 0 Å². The lowest BCUT2D eigenvalue weighted by Crippen LogP contribution is -2.01. The topological polar surface area (TPSA) is 0 Å². The lowest BCUT2D eigenvalue weighted by Gasteiger charge is -2.17. The molecular formula is C28H58. The van der Waals surface area contributed by atoms with Gasteiger partial charge in [0.15, 0.2) is 0 Å². The molecule has 0 saturated carbocycles. The molecular weight excluding hydrogens is 336 g/mol. The molecule has 1 atom stereocenters. The van der Waals surface area contributed by atoms with Crippen molar-refractivity contribution in [2.24, 2.45) is 5.92 Å². The first-order valence-corrected chi connectivity index (χ1v) is 13.8. The van der Waals surface area contributed by atoms with Gasteiger partial charge in [-0.15, -0.1) is 0 Å². The fourth-order valence-electron chi connectivity index (χ4n) is 4.60. The van der Waals surface area contributed by atoms with E-state index in [-0.39, 0.29) is 0 Å². The van der Waals surface area contributed by atoms with E-state index < -0.39 is 0 Å². The van der Waals surface area contributed by atoms with Crippen molar-refractivity contribution in [2.75, 3.05) is 0 Å². The molecule has 0 heteroatoms. The second-order valence-corrected chi connectivity index (χ2v) is 9.60. The third-order valence-corrected chi connectivity index (χ3v) is 6.65. The molecule has 0 spiro atoms. The third kappa shape index (κ3) is 22.3. The second kappa shape index (κ2) is 25.0. The highest BCUT2D eigenvalue weighted by molar-refractivity contribution is 4.62. The molecule has 0 aromatic rings. The molecule has 0 radical (unpaired) electrons. The van der Waals surface area contributed by atoms with Crippen molar-refractivity contribution in [2.45, 2.75) is 175 Å². The Bertz CT molecular complexity index is 257. The number of hydrogen-bond acceptors (Lipinski definition) is 0. The maximum absolute atomic E-state index is 2.33. The summed E-state index contributed by atoms with van der Waals surface area (Å²) in [6.07, 6.45) is 35.3. The lowest BCUT2D eigenvalue weighted by atomic mass is 9.89. The number of rotatable bonds is 24. The quantitative estimate of drug-likeness (QED) is 0.143. The predicted molar refractivity (Wildman–Crippen MR) is 131 cm³/mol. The normalized spacial score (nSPS) is 12.5. The van der Waals surface area contributed by atoms with Crippen LogP contribution in [0.5, 0.6) is 0 Å². The van der Waals surface area contributed by atoms with Crippen molar-refractivity contribution in [3.63, 3.8) is 0 Å². The Hall–Kier alpha value is 0. The highest BCUT2D eigenvalue weighted by Crippen LogP contribution is 2.24. The molecule has 0 rings (SSSR count). The fourth-order valence-corrected chi connectivity index (χ4v) is 4.60. The van der Waals surface area contributed by atoms with Crippen LogP contribution in [0.1, 0.15) is 175 Å². The summed E-state index contributed by atoms with van der Waals surface area (Å²) in [4.78, 5) is 0. The van der Waals surface area contributed by atoms with Crippen LogP contribution in [0.4, 0.5) is 0 Å². The molecule has 0 nitrogen and oxygen atoms in total. The second-order valence-electron chi connectivity index (χ2n) is 9.60. The summed E-state index contributed by atoms with van der Waals surface area (Å²) in [5.74, 6) is 1.04. The van der Waals surface area contributed by atoms with Gasteiger partial charge in [0, 0.05) is 0 Å². The average molecular weight is 395 g/mol.